The fraction of sp³-hybridized carbons (Fsp3) is 0.933. The highest BCUT2D eigenvalue weighted by molar-refractivity contribution is 5.78. The second-order valence-electron chi connectivity index (χ2n) is 5.99. The number of likely N-dealkylation sites (N-methyl/N-ethyl adjacent to an activating group) is 2. The van der Waals surface area contributed by atoms with Gasteiger partial charge in [0.15, 0.2) is 0 Å². The average molecular weight is 284 g/mol. The zero-order valence-electron chi connectivity index (χ0n) is 13.7. The molecule has 118 valence electrons. The van der Waals surface area contributed by atoms with Gasteiger partial charge in [0.2, 0.25) is 5.91 Å². The fourth-order valence-corrected chi connectivity index (χ4v) is 2.29. The van der Waals surface area contributed by atoms with Gasteiger partial charge in [0, 0.05) is 58.3 Å². The van der Waals surface area contributed by atoms with E-state index in [0.29, 0.717) is 5.91 Å². The van der Waals surface area contributed by atoms with E-state index in [-0.39, 0.29) is 5.92 Å². The van der Waals surface area contributed by atoms with Gasteiger partial charge in [0.1, 0.15) is 0 Å². The lowest BCUT2D eigenvalue weighted by atomic mass is 10.1. The van der Waals surface area contributed by atoms with E-state index in [1.165, 1.54) is 13.1 Å². The highest BCUT2D eigenvalue weighted by Gasteiger charge is 2.22. The Morgan fingerprint density at radius 1 is 1.00 bits per heavy atom. The molecular formula is C15H32N4O. The summed E-state index contributed by atoms with van der Waals surface area (Å²) in [5.74, 6) is 0.527. The predicted molar refractivity (Wildman–Crippen MR) is 83.9 cm³/mol. The van der Waals surface area contributed by atoms with E-state index in [4.69, 9.17) is 0 Å². The Morgan fingerprint density at radius 3 is 1.90 bits per heavy atom. The molecule has 2 fully saturated rings. The Hall–Kier alpha value is -0.650. The summed E-state index contributed by atoms with van der Waals surface area (Å²) in [5.41, 5.74) is 0. The third-order valence-corrected chi connectivity index (χ3v) is 4.19. The number of nitrogens with one attached hydrogen (secondary N) is 1. The number of carbonyl (C=O) groups is 1. The van der Waals surface area contributed by atoms with Crippen molar-refractivity contribution in [2.45, 2.75) is 20.3 Å². The van der Waals surface area contributed by atoms with E-state index >= 15 is 0 Å². The van der Waals surface area contributed by atoms with Crippen molar-refractivity contribution in [1.29, 1.82) is 0 Å². The molecule has 20 heavy (non-hydrogen) atoms. The number of carbonyl (C=O) groups excluding carboxylic acids is 1. The first-order chi connectivity index (χ1) is 9.54. The molecule has 0 unspecified atom stereocenters. The van der Waals surface area contributed by atoms with Crippen molar-refractivity contribution in [3.63, 3.8) is 0 Å². The van der Waals surface area contributed by atoms with Crippen molar-refractivity contribution in [1.82, 2.24) is 20.0 Å². The van der Waals surface area contributed by atoms with E-state index in [2.05, 4.69) is 36.1 Å². The molecule has 0 aliphatic carbocycles. The molecular weight excluding hydrogens is 252 g/mol. The van der Waals surface area contributed by atoms with Crippen LogP contribution in [0.1, 0.15) is 20.3 Å². The summed E-state index contributed by atoms with van der Waals surface area (Å²) in [5, 5.41) is 3.27. The highest BCUT2D eigenvalue weighted by atomic mass is 16.2. The molecule has 5 nitrogen and oxygen atoms in total. The lowest BCUT2D eigenvalue weighted by Gasteiger charge is -2.33. The summed E-state index contributed by atoms with van der Waals surface area (Å²) in [6.07, 6.45) is 0.950. The number of nitrogens with zero attached hydrogens (tertiary/aromatic N) is 3. The van der Waals surface area contributed by atoms with Crippen LogP contribution < -0.4 is 5.32 Å². The van der Waals surface area contributed by atoms with E-state index in [1.54, 1.807) is 0 Å². The number of rotatable bonds is 2. The van der Waals surface area contributed by atoms with Crippen LogP contribution in [0, 0.1) is 5.92 Å². The normalized spacial score (nSPS) is 22.9. The number of amides is 1. The summed E-state index contributed by atoms with van der Waals surface area (Å²) >= 11 is 0. The van der Waals surface area contributed by atoms with Crippen LogP contribution in [0.5, 0.6) is 0 Å². The number of hydrogen-bond acceptors (Lipinski definition) is 4. The van der Waals surface area contributed by atoms with Crippen LogP contribution in [-0.2, 0) is 4.79 Å². The van der Waals surface area contributed by atoms with E-state index in [1.807, 2.05) is 11.8 Å². The van der Waals surface area contributed by atoms with Crippen molar-refractivity contribution >= 4 is 5.91 Å². The minimum atomic E-state index is 0.198. The van der Waals surface area contributed by atoms with Crippen LogP contribution in [0.4, 0.5) is 0 Å². The molecule has 1 amide bonds. The Kier molecular flexibility index (Phi) is 8.11. The second-order valence-corrected chi connectivity index (χ2v) is 5.99. The highest BCUT2D eigenvalue weighted by Crippen LogP contribution is 2.08. The van der Waals surface area contributed by atoms with Crippen LogP contribution in [-0.4, -0.2) is 87.1 Å². The molecule has 2 rings (SSSR count). The summed E-state index contributed by atoms with van der Waals surface area (Å²) in [4.78, 5) is 18.3. The summed E-state index contributed by atoms with van der Waals surface area (Å²) in [6, 6.07) is 0. The Bertz CT molecular complexity index is 271. The summed E-state index contributed by atoms with van der Waals surface area (Å²) in [7, 11) is 4.26. The molecule has 2 aliphatic heterocycles. The maximum Gasteiger partial charge on any atom is 0.225 e. The lowest BCUT2D eigenvalue weighted by molar-refractivity contribution is -0.136. The molecule has 0 aromatic rings. The Morgan fingerprint density at radius 2 is 1.50 bits per heavy atom. The summed E-state index contributed by atoms with van der Waals surface area (Å²) < 4.78 is 0. The molecule has 1 N–H and O–H groups in total. The minimum Gasteiger partial charge on any atom is -0.340 e. The zero-order chi connectivity index (χ0) is 15.0. The first-order valence-corrected chi connectivity index (χ1v) is 7.91. The molecule has 2 heterocycles. The van der Waals surface area contributed by atoms with Crippen molar-refractivity contribution < 1.29 is 4.79 Å². The minimum absolute atomic E-state index is 0.198. The van der Waals surface area contributed by atoms with Crippen LogP contribution in [0.25, 0.3) is 0 Å². The molecule has 2 saturated heterocycles. The molecule has 2 aliphatic rings. The van der Waals surface area contributed by atoms with Gasteiger partial charge in [-0.15, -0.1) is 0 Å². The maximum atomic E-state index is 11.7. The van der Waals surface area contributed by atoms with E-state index in [9.17, 15) is 4.79 Å². The third-order valence-electron chi connectivity index (χ3n) is 4.19. The van der Waals surface area contributed by atoms with Crippen LogP contribution >= 0.6 is 0 Å². The van der Waals surface area contributed by atoms with Gasteiger partial charge >= 0.3 is 0 Å². The SMILES string of the molecule is CC[C@@H](C)C(=O)N1CCN(C)CC1.CN1CCNCC1. The molecule has 0 radical (unpaired) electrons. The molecule has 0 aromatic heterocycles. The van der Waals surface area contributed by atoms with Crippen LogP contribution in [0.2, 0.25) is 0 Å². The Labute approximate surface area is 124 Å². The van der Waals surface area contributed by atoms with Crippen molar-refractivity contribution in [2.75, 3.05) is 66.5 Å². The zero-order valence-corrected chi connectivity index (χ0v) is 13.7. The van der Waals surface area contributed by atoms with Gasteiger partial charge in [-0.2, -0.15) is 0 Å². The lowest BCUT2D eigenvalue weighted by Crippen LogP contribution is -2.48. The average Bonchev–Trinajstić information content (AvgIpc) is 2.48. The molecule has 0 bridgehead atoms. The monoisotopic (exact) mass is 284 g/mol. The van der Waals surface area contributed by atoms with Crippen molar-refractivity contribution in [2.24, 2.45) is 5.92 Å². The second kappa shape index (κ2) is 9.32. The molecule has 1 atom stereocenters. The van der Waals surface area contributed by atoms with Gasteiger partial charge in [-0.1, -0.05) is 13.8 Å². The topological polar surface area (TPSA) is 38.8 Å². The fourth-order valence-electron chi connectivity index (χ4n) is 2.29. The summed E-state index contributed by atoms with van der Waals surface area (Å²) in [6.45, 7) is 12.7. The standard InChI is InChI=1S/C10H20N2O.C5H12N2/c1-4-9(2)10(13)12-7-5-11(3)6-8-12;1-7-4-2-6-3-5-7/h9H,4-8H2,1-3H3;6H,2-5H2,1H3/t9-;/m1./s1. The number of hydrogen-bond donors (Lipinski definition) is 1. The van der Waals surface area contributed by atoms with Gasteiger partial charge in [-0.3, -0.25) is 4.79 Å². The van der Waals surface area contributed by atoms with Gasteiger partial charge in [-0.25, -0.2) is 0 Å². The van der Waals surface area contributed by atoms with Crippen molar-refractivity contribution in [3.8, 4) is 0 Å². The first kappa shape index (κ1) is 17.4. The van der Waals surface area contributed by atoms with Crippen LogP contribution in [0.15, 0.2) is 0 Å². The van der Waals surface area contributed by atoms with Gasteiger partial charge in [0.25, 0.3) is 0 Å². The number of piperazine rings is 2. The predicted octanol–water partition coefficient (Wildman–Crippen LogP) is 0.328. The third kappa shape index (κ3) is 6.20. The van der Waals surface area contributed by atoms with E-state index in [0.717, 1.165) is 45.7 Å². The molecule has 0 saturated carbocycles. The van der Waals surface area contributed by atoms with Crippen LogP contribution in [0.3, 0.4) is 0 Å². The molecule has 0 spiro atoms. The largest absolute Gasteiger partial charge is 0.340 e. The maximum absolute atomic E-state index is 11.7. The molecule has 0 aromatic carbocycles. The molecule has 5 heteroatoms. The van der Waals surface area contributed by atoms with E-state index < -0.39 is 0 Å². The van der Waals surface area contributed by atoms with Gasteiger partial charge < -0.3 is 20.0 Å². The van der Waals surface area contributed by atoms with Gasteiger partial charge in [-0.05, 0) is 20.5 Å². The smallest absolute Gasteiger partial charge is 0.225 e. The quantitative estimate of drug-likeness (QED) is 0.793. The first-order valence-electron chi connectivity index (χ1n) is 7.91. The Balaban J connectivity index is 0.000000240. The van der Waals surface area contributed by atoms with Gasteiger partial charge in [0.05, 0.1) is 0 Å². The van der Waals surface area contributed by atoms with Crippen molar-refractivity contribution in [3.05, 3.63) is 0 Å².